The minimum Gasteiger partial charge on any atom is -0.384 e. The molecule has 3 aromatic rings. The van der Waals surface area contributed by atoms with Gasteiger partial charge in [-0.15, -0.1) is 0 Å². The topological polar surface area (TPSA) is 62.0 Å². The van der Waals surface area contributed by atoms with E-state index in [2.05, 4.69) is 10.3 Å². The highest BCUT2D eigenvalue weighted by molar-refractivity contribution is 7.91. The molecule has 2 N–H and O–H groups in total. The van der Waals surface area contributed by atoms with Gasteiger partial charge in [0, 0.05) is 23.6 Å². The van der Waals surface area contributed by atoms with E-state index in [0.29, 0.717) is 13.0 Å². The maximum atomic E-state index is 12.8. The zero-order valence-electron chi connectivity index (χ0n) is 12.7. The standard InChI is InChI=1S/C17H16F2N2O2S/c18-17(19)24(22,23)16-8-4-3-7-15(16)20-10-9-12-11-21-14-6-2-1-5-13(12)14/h1-8,11,17,20-21H,9-10H2. The van der Waals surface area contributed by atoms with Crippen molar-refractivity contribution in [3.63, 3.8) is 0 Å². The lowest BCUT2D eigenvalue weighted by Gasteiger charge is -2.12. The zero-order valence-corrected chi connectivity index (χ0v) is 13.5. The molecule has 0 aliphatic carbocycles. The molecule has 0 aliphatic heterocycles. The highest BCUT2D eigenvalue weighted by Gasteiger charge is 2.28. The van der Waals surface area contributed by atoms with E-state index in [1.54, 1.807) is 6.07 Å². The average Bonchev–Trinajstić information content (AvgIpc) is 2.98. The second-order valence-electron chi connectivity index (χ2n) is 5.34. The molecule has 3 rings (SSSR count). The molecule has 0 bridgehead atoms. The number of alkyl halides is 2. The van der Waals surface area contributed by atoms with Gasteiger partial charge in [0.1, 0.15) is 0 Å². The molecule has 0 amide bonds. The van der Waals surface area contributed by atoms with Crippen LogP contribution in [-0.2, 0) is 16.3 Å². The van der Waals surface area contributed by atoms with Crippen LogP contribution in [0.3, 0.4) is 0 Å². The summed E-state index contributed by atoms with van der Waals surface area (Å²) in [6.45, 7) is 0.428. The molecule has 0 unspecified atom stereocenters. The number of fused-ring (bicyclic) bond motifs is 1. The van der Waals surface area contributed by atoms with Crippen LogP contribution in [0.15, 0.2) is 59.6 Å². The lowest BCUT2D eigenvalue weighted by molar-refractivity contribution is 0.235. The summed E-state index contributed by atoms with van der Waals surface area (Å²) in [5, 5.41) is 4.04. The summed E-state index contributed by atoms with van der Waals surface area (Å²) >= 11 is 0. The third-order valence-corrected chi connectivity index (χ3v) is 5.25. The molecular weight excluding hydrogens is 334 g/mol. The van der Waals surface area contributed by atoms with Crippen LogP contribution < -0.4 is 5.32 Å². The summed E-state index contributed by atoms with van der Waals surface area (Å²) in [6.07, 6.45) is 2.53. The number of para-hydroxylation sites is 2. The first-order chi connectivity index (χ1) is 11.5. The van der Waals surface area contributed by atoms with Gasteiger partial charge < -0.3 is 10.3 Å². The van der Waals surface area contributed by atoms with Crippen molar-refractivity contribution in [3.8, 4) is 0 Å². The normalized spacial score (nSPS) is 12.0. The van der Waals surface area contributed by atoms with Crippen molar-refractivity contribution in [3.05, 3.63) is 60.3 Å². The van der Waals surface area contributed by atoms with Crippen molar-refractivity contribution in [1.82, 2.24) is 4.98 Å². The van der Waals surface area contributed by atoms with E-state index in [9.17, 15) is 17.2 Å². The Balaban J connectivity index is 1.76. The maximum Gasteiger partial charge on any atom is 0.341 e. The molecule has 24 heavy (non-hydrogen) atoms. The van der Waals surface area contributed by atoms with Crippen LogP contribution in [0.25, 0.3) is 10.9 Å². The number of H-pyrrole nitrogens is 1. The number of aromatic amines is 1. The van der Waals surface area contributed by atoms with Crippen molar-refractivity contribution >= 4 is 26.4 Å². The SMILES string of the molecule is O=S(=O)(c1ccccc1NCCc1c[nH]c2ccccc12)C(F)F. The number of hydrogen-bond acceptors (Lipinski definition) is 3. The average molecular weight is 350 g/mol. The van der Waals surface area contributed by atoms with Gasteiger partial charge in [-0.1, -0.05) is 30.3 Å². The van der Waals surface area contributed by atoms with Gasteiger partial charge >= 0.3 is 5.76 Å². The number of aromatic nitrogens is 1. The number of rotatable bonds is 6. The predicted octanol–water partition coefficient (Wildman–Crippen LogP) is 3.82. The van der Waals surface area contributed by atoms with Crippen LogP contribution >= 0.6 is 0 Å². The molecule has 0 atom stereocenters. The number of anilines is 1. The Morgan fingerprint density at radius 2 is 1.75 bits per heavy atom. The van der Waals surface area contributed by atoms with Gasteiger partial charge in [-0.2, -0.15) is 8.78 Å². The number of nitrogens with one attached hydrogen (secondary N) is 2. The molecule has 1 aromatic heterocycles. The van der Waals surface area contributed by atoms with Gasteiger partial charge in [0.05, 0.1) is 10.6 Å². The Morgan fingerprint density at radius 3 is 2.54 bits per heavy atom. The number of hydrogen-bond donors (Lipinski definition) is 2. The molecule has 0 aliphatic rings. The third-order valence-electron chi connectivity index (χ3n) is 3.81. The summed E-state index contributed by atoms with van der Waals surface area (Å²) < 4.78 is 49.0. The molecular formula is C17H16F2N2O2S. The first-order valence-corrected chi connectivity index (χ1v) is 8.95. The fourth-order valence-corrected chi connectivity index (χ4v) is 3.53. The highest BCUT2D eigenvalue weighted by atomic mass is 32.2. The Labute approximate surface area is 138 Å². The molecule has 126 valence electrons. The number of halogens is 2. The fraction of sp³-hybridized carbons (Fsp3) is 0.176. The van der Waals surface area contributed by atoms with E-state index in [0.717, 1.165) is 16.5 Å². The Hall–Kier alpha value is -2.41. The third kappa shape index (κ3) is 3.12. The lowest BCUT2D eigenvalue weighted by Crippen LogP contribution is -2.15. The summed E-state index contributed by atoms with van der Waals surface area (Å²) in [5.74, 6) is -3.44. The first kappa shape index (κ1) is 16.4. The minimum absolute atomic E-state index is 0.192. The van der Waals surface area contributed by atoms with Crippen molar-refractivity contribution in [1.29, 1.82) is 0 Å². The van der Waals surface area contributed by atoms with Crippen molar-refractivity contribution in [2.45, 2.75) is 17.1 Å². The Bertz CT molecular complexity index is 952. The number of benzene rings is 2. The van der Waals surface area contributed by atoms with E-state index in [1.807, 2.05) is 30.5 Å². The summed E-state index contributed by atoms with van der Waals surface area (Å²) in [5.41, 5.74) is 2.29. The van der Waals surface area contributed by atoms with Crippen molar-refractivity contribution in [2.75, 3.05) is 11.9 Å². The smallest absolute Gasteiger partial charge is 0.341 e. The zero-order chi connectivity index (χ0) is 17.2. The van der Waals surface area contributed by atoms with E-state index in [1.165, 1.54) is 18.2 Å². The molecule has 0 spiro atoms. The molecule has 1 heterocycles. The summed E-state index contributed by atoms with van der Waals surface area (Å²) in [6, 6.07) is 13.6. The van der Waals surface area contributed by atoms with Crippen LogP contribution in [0.5, 0.6) is 0 Å². The molecule has 7 heteroatoms. The van der Waals surface area contributed by atoms with Crippen LogP contribution in [0.4, 0.5) is 14.5 Å². The Morgan fingerprint density at radius 1 is 1.04 bits per heavy atom. The largest absolute Gasteiger partial charge is 0.384 e. The van der Waals surface area contributed by atoms with Gasteiger partial charge in [0.25, 0.3) is 0 Å². The van der Waals surface area contributed by atoms with Crippen LogP contribution in [0, 0.1) is 0 Å². The van der Waals surface area contributed by atoms with Gasteiger partial charge in [-0.25, -0.2) is 8.42 Å². The lowest BCUT2D eigenvalue weighted by atomic mass is 10.1. The summed E-state index contributed by atoms with van der Waals surface area (Å²) in [7, 11) is -4.63. The molecule has 0 saturated heterocycles. The summed E-state index contributed by atoms with van der Waals surface area (Å²) in [4.78, 5) is 2.79. The second-order valence-corrected chi connectivity index (χ2v) is 7.22. The predicted molar refractivity (Wildman–Crippen MR) is 90.1 cm³/mol. The van der Waals surface area contributed by atoms with E-state index < -0.39 is 15.6 Å². The van der Waals surface area contributed by atoms with E-state index in [-0.39, 0.29) is 10.6 Å². The second kappa shape index (κ2) is 6.60. The number of sulfone groups is 1. The maximum absolute atomic E-state index is 12.8. The Kier molecular flexibility index (Phi) is 4.53. The van der Waals surface area contributed by atoms with E-state index >= 15 is 0 Å². The van der Waals surface area contributed by atoms with Crippen LogP contribution in [0.1, 0.15) is 5.56 Å². The van der Waals surface area contributed by atoms with Gasteiger partial charge in [-0.05, 0) is 30.2 Å². The van der Waals surface area contributed by atoms with Crippen LogP contribution in [-0.4, -0.2) is 25.7 Å². The molecule has 0 saturated carbocycles. The van der Waals surface area contributed by atoms with Gasteiger partial charge in [-0.3, -0.25) is 0 Å². The monoisotopic (exact) mass is 350 g/mol. The molecule has 0 radical (unpaired) electrons. The van der Waals surface area contributed by atoms with Crippen molar-refractivity contribution in [2.24, 2.45) is 0 Å². The van der Waals surface area contributed by atoms with Gasteiger partial charge in [0.15, 0.2) is 0 Å². The fourth-order valence-electron chi connectivity index (χ4n) is 2.63. The minimum atomic E-state index is -4.63. The molecule has 2 aromatic carbocycles. The first-order valence-electron chi connectivity index (χ1n) is 7.40. The molecule has 0 fully saturated rings. The van der Waals surface area contributed by atoms with Crippen molar-refractivity contribution < 1.29 is 17.2 Å². The van der Waals surface area contributed by atoms with Crippen LogP contribution in [0.2, 0.25) is 0 Å². The van der Waals surface area contributed by atoms with Gasteiger partial charge in [0.2, 0.25) is 9.84 Å². The molecule has 4 nitrogen and oxygen atoms in total. The van der Waals surface area contributed by atoms with E-state index in [4.69, 9.17) is 0 Å². The highest BCUT2D eigenvalue weighted by Crippen LogP contribution is 2.26. The quantitative estimate of drug-likeness (QED) is 0.710.